The third-order valence-electron chi connectivity index (χ3n) is 15.8. The van der Waals surface area contributed by atoms with Crippen LogP contribution < -0.4 is 5.32 Å². The first-order chi connectivity index (χ1) is 27.5. The van der Waals surface area contributed by atoms with Crippen LogP contribution in [-0.2, 0) is 14.4 Å². The lowest BCUT2D eigenvalue weighted by Gasteiger charge is -2.69. The topological polar surface area (TPSA) is 144 Å². The zero-order valence-electron chi connectivity index (χ0n) is 39.2. The van der Waals surface area contributed by atoms with E-state index in [1.54, 1.807) is 25.1 Å². The Morgan fingerprint density at radius 2 is 1.39 bits per heavy atom. The number of carboxylic acids is 2. The number of hydrogen-bond acceptors (Lipinski definition) is 5. The average Bonchev–Trinajstić information content (AvgIpc) is 3.61. The van der Waals surface area contributed by atoms with Crippen LogP contribution in [0.4, 0.5) is 0 Å². The van der Waals surface area contributed by atoms with E-state index in [0.717, 1.165) is 37.8 Å². The van der Waals surface area contributed by atoms with E-state index in [1.165, 1.54) is 69.8 Å². The molecule has 9 heteroatoms. The first kappa shape index (κ1) is 51.9. The van der Waals surface area contributed by atoms with Gasteiger partial charge in [0.15, 0.2) is 0 Å². The molecule has 0 aliphatic heterocycles. The Kier molecular flexibility index (Phi) is 19.4. The maximum Gasteiger partial charge on any atom is 0.335 e. The van der Waals surface area contributed by atoms with E-state index in [4.69, 9.17) is 15.0 Å². The smallest absolute Gasteiger partial charge is 0.335 e. The Morgan fingerprint density at radius 1 is 0.847 bits per heavy atom. The standard InChI is InChI=1S/C37H56N2O3.C6H14.C3H6O2.C3H6.CH2O2/c1-34(2)27(24-9-11-25(12-10-24)32(40)41)15-19-36(4)30(34)17-20-35(3)28-16-21-37(33(42)38-22-23-39(5)6)18-7-8-29(37)26(28)13-14-31(35)36;1-5-6(2,3)4;1-2-3(4)5;1-3-2;2-1-3/h9-12,26-31H,7-8,13-23H2,1-6H3,(H,38,42)(H,40,41);5H2,1-4H3;2H2,1H3,(H,4,5);3H,1H2,2H3;1H,(H,2,3)/t26?,27?,28?,29-,30?,31+,35?,36?,37?;;;;/m1..../s1. The van der Waals surface area contributed by atoms with E-state index < -0.39 is 11.9 Å². The Hall–Kier alpha value is -3.20. The van der Waals surface area contributed by atoms with Crippen molar-refractivity contribution >= 4 is 24.3 Å². The van der Waals surface area contributed by atoms with Gasteiger partial charge in [0.05, 0.1) is 11.0 Å². The minimum Gasteiger partial charge on any atom is -0.483 e. The lowest BCUT2D eigenvalue weighted by atomic mass is 9.35. The first-order valence-electron chi connectivity index (χ1n) is 22.6. The quantitative estimate of drug-likeness (QED) is 0.157. The zero-order chi connectivity index (χ0) is 45.0. The molecule has 0 radical (unpaired) electrons. The molecule has 9 nitrogen and oxygen atoms in total. The van der Waals surface area contributed by atoms with Gasteiger partial charge < -0.3 is 25.5 Å². The van der Waals surface area contributed by atoms with Crippen molar-refractivity contribution in [3.8, 4) is 0 Å². The molecular weight excluding hydrogens is 741 g/mol. The van der Waals surface area contributed by atoms with Gasteiger partial charge in [-0.05, 0) is 160 Å². The fourth-order valence-corrected chi connectivity index (χ4v) is 12.6. The monoisotopic (exact) mass is 825 g/mol. The summed E-state index contributed by atoms with van der Waals surface area (Å²) >= 11 is 0. The number of carboxylic acid groups (broad SMARTS) is 3. The number of nitrogens with one attached hydrogen (secondary N) is 1. The zero-order valence-corrected chi connectivity index (χ0v) is 39.2. The SMILES string of the molecule is C=CC.CCC(=O)O.CCC(C)(C)C.CN(C)CCNC(=O)C12CCC[C@@H]1C1CC[C@H]3C(C)(CCC4C(C)(C)C(c5ccc(C(=O)O)cc5)CCC43C)C1CC2.O=CO. The number of carbonyl (C=O) groups excluding carboxylic acids is 1. The molecule has 0 saturated heterocycles. The van der Waals surface area contributed by atoms with E-state index in [9.17, 15) is 19.5 Å². The van der Waals surface area contributed by atoms with Gasteiger partial charge in [0.25, 0.3) is 6.47 Å². The Labute approximate surface area is 358 Å². The van der Waals surface area contributed by atoms with Gasteiger partial charge in [-0.3, -0.25) is 14.4 Å². The Balaban J connectivity index is 0.000000601. The predicted octanol–water partition coefficient (Wildman–Crippen LogP) is 11.4. The molecule has 1 aromatic carbocycles. The maximum absolute atomic E-state index is 13.8. The molecule has 5 aliphatic carbocycles. The van der Waals surface area contributed by atoms with Gasteiger partial charge in [-0.1, -0.05) is 93.4 Å². The van der Waals surface area contributed by atoms with Crippen molar-refractivity contribution in [2.75, 3.05) is 27.2 Å². The molecule has 5 aliphatic rings. The summed E-state index contributed by atoms with van der Waals surface area (Å²) < 4.78 is 0. The van der Waals surface area contributed by atoms with E-state index >= 15 is 0 Å². The average molecular weight is 825 g/mol. The van der Waals surface area contributed by atoms with Crippen LogP contribution in [0.5, 0.6) is 0 Å². The number of hydrogen-bond donors (Lipinski definition) is 4. The van der Waals surface area contributed by atoms with Crippen LogP contribution in [0.15, 0.2) is 36.9 Å². The number of amides is 1. The van der Waals surface area contributed by atoms with Crippen LogP contribution in [0.2, 0.25) is 0 Å². The number of carbonyl (C=O) groups is 4. The van der Waals surface area contributed by atoms with Gasteiger partial charge in [0, 0.05) is 19.5 Å². The highest BCUT2D eigenvalue weighted by molar-refractivity contribution is 5.87. The van der Waals surface area contributed by atoms with Crippen molar-refractivity contribution in [2.24, 2.45) is 56.7 Å². The number of likely N-dealkylation sites (N-methyl/N-ethyl adjacent to an activating group) is 1. The first-order valence-corrected chi connectivity index (χ1v) is 22.6. The minimum atomic E-state index is -0.846. The second-order valence-corrected chi connectivity index (χ2v) is 20.8. The van der Waals surface area contributed by atoms with Crippen LogP contribution >= 0.6 is 0 Å². The number of rotatable bonds is 7. The molecule has 336 valence electrons. The molecule has 0 heterocycles. The third kappa shape index (κ3) is 12.2. The summed E-state index contributed by atoms with van der Waals surface area (Å²) in [6, 6.07) is 7.78. The molecule has 4 N–H and O–H groups in total. The fourth-order valence-electron chi connectivity index (χ4n) is 12.6. The van der Waals surface area contributed by atoms with Crippen molar-refractivity contribution in [3.63, 3.8) is 0 Å². The molecule has 0 aromatic heterocycles. The van der Waals surface area contributed by atoms with Crippen molar-refractivity contribution in [1.29, 1.82) is 0 Å². The molecule has 0 bridgehead atoms. The molecule has 1 aromatic rings. The van der Waals surface area contributed by atoms with Gasteiger partial charge in [0.1, 0.15) is 0 Å². The molecule has 0 spiro atoms. The summed E-state index contributed by atoms with van der Waals surface area (Å²) in [6.07, 6.45) is 16.8. The van der Waals surface area contributed by atoms with Crippen molar-refractivity contribution < 1.29 is 34.5 Å². The molecule has 5 fully saturated rings. The van der Waals surface area contributed by atoms with E-state index in [2.05, 4.69) is 98.4 Å². The summed E-state index contributed by atoms with van der Waals surface area (Å²) in [4.78, 5) is 45.1. The number of fused-ring (bicyclic) bond motifs is 7. The van der Waals surface area contributed by atoms with Gasteiger partial charge in [-0.15, -0.1) is 6.58 Å². The normalized spacial score (nSPS) is 32.3. The second-order valence-electron chi connectivity index (χ2n) is 20.8. The van der Waals surface area contributed by atoms with Crippen LogP contribution in [0.25, 0.3) is 0 Å². The molecule has 1 amide bonds. The summed E-state index contributed by atoms with van der Waals surface area (Å²) in [5.41, 5.74) is 3.01. The van der Waals surface area contributed by atoms with Crippen LogP contribution in [0.3, 0.4) is 0 Å². The molecule has 9 atom stereocenters. The summed E-state index contributed by atoms with van der Waals surface area (Å²) in [5, 5.41) is 27.4. The van der Waals surface area contributed by atoms with E-state index in [-0.39, 0.29) is 23.7 Å². The summed E-state index contributed by atoms with van der Waals surface area (Å²) in [6.45, 7) is 27.6. The number of nitrogens with zero attached hydrogens (tertiary/aromatic N) is 1. The number of allylic oxidation sites excluding steroid dienone is 1. The lowest BCUT2D eigenvalue weighted by Crippen LogP contribution is -2.62. The van der Waals surface area contributed by atoms with Crippen molar-refractivity contribution in [3.05, 3.63) is 48.0 Å². The largest absolute Gasteiger partial charge is 0.483 e. The highest BCUT2D eigenvalue weighted by atomic mass is 16.4. The van der Waals surface area contributed by atoms with Gasteiger partial charge in [0.2, 0.25) is 5.91 Å². The maximum atomic E-state index is 13.8. The summed E-state index contributed by atoms with van der Waals surface area (Å²) in [5.74, 6) is 2.70. The second kappa shape index (κ2) is 22.1. The number of benzene rings is 1. The molecular formula is C50H84N2O7. The van der Waals surface area contributed by atoms with Crippen molar-refractivity contribution in [2.45, 2.75) is 159 Å². The van der Waals surface area contributed by atoms with Gasteiger partial charge >= 0.3 is 11.9 Å². The molecule has 6 rings (SSSR count). The van der Waals surface area contributed by atoms with Gasteiger partial charge in [-0.25, -0.2) is 4.79 Å². The Bertz CT molecular complexity index is 1510. The molecule has 59 heavy (non-hydrogen) atoms. The molecule has 7 unspecified atom stereocenters. The third-order valence-corrected chi connectivity index (χ3v) is 15.8. The van der Waals surface area contributed by atoms with Crippen LogP contribution in [-0.4, -0.2) is 71.7 Å². The number of aromatic carboxylic acids is 1. The fraction of sp³-hybridized carbons (Fsp3) is 0.760. The minimum absolute atomic E-state index is 0.117. The van der Waals surface area contributed by atoms with Gasteiger partial charge in [-0.2, -0.15) is 0 Å². The van der Waals surface area contributed by atoms with Crippen LogP contribution in [0.1, 0.15) is 175 Å². The molecule has 5 saturated carbocycles. The highest BCUT2D eigenvalue weighted by Crippen LogP contribution is 2.74. The van der Waals surface area contributed by atoms with E-state index in [0.29, 0.717) is 51.4 Å². The van der Waals surface area contributed by atoms with Crippen LogP contribution in [0, 0.1) is 56.7 Å². The van der Waals surface area contributed by atoms with Crippen molar-refractivity contribution in [1.82, 2.24) is 10.2 Å². The highest BCUT2D eigenvalue weighted by Gasteiger charge is 2.67. The van der Waals surface area contributed by atoms with E-state index in [1.807, 2.05) is 6.92 Å². The predicted molar refractivity (Wildman–Crippen MR) is 241 cm³/mol. The number of aliphatic carboxylic acids is 1. The summed E-state index contributed by atoms with van der Waals surface area (Å²) in [7, 11) is 4.16. The lowest BCUT2D eigenvalue weighted by molar-refractivity contribution is -0.200. The Morgan fingerprint density at radius 3 is 1.88 bits per heavy atom.